The van der Waals surface area contributed by atoms with Crippen LogP contribution in [0.4, 0.5) is 5.82 Å². The molecule has 2 N–H and O–H groups in total. The van der Waals surface area contributed by atoms with E-state index in [2.05, 4.69) is 26.4 Å². The molecule has 2 aromatic carbocycles. The normalized spacial score (nSPS) is 12.5. The number of hydrogen-bond donors (Lipinski definition) is 2. The van der Waals surface area contributed by atoms with Gasteiger partial charge in [0.25, 0.3) is 5.78 Å². The van der Waals surface area contributed by atoms with Gasteiger partial charge in [-0.2, -0.15) is 14.6 Å². The fraction of sp³-hybridized carbons (Fsp3) is 0.211. The van der Waals surface area contributed by atoms with Crippen LogP contribution in [0.5, 0.6) is 0 Å². The molecule has 2 heterocycles. The Morgan fingerprint density at radius 2 is 2.00 bits per heavy atom. The number of rotatable bonds is 6. The van der Waals surface area contributed by atoms with Gasteiger partial charge < -0.3 is 15.2 Å². The lowest BCUT2D eigenvalue weighted by Crippen LogP contribution is -2.15. The molecule has 7 heteroatoms. The number of aromatic nitrogens is 4. The van der Waals surface area contributed by atoms with Crippen LogP contribution in [-0.2, 0) is 11.3 Å². The molecule has 1 atom stereocenters. The van der Waals surface area contributed by atoms with Gasteiger partial charge >= 0.3 is 0 Å². The third-order valence-corrected chi connectivity index (χ3v) is 4.23. The minimum absolute atomic E-state index is 0.337. The van der Waals surface area contributed by atoms with E-state index < -0.39 is 6.10 Å². The van der Waals surface area contributed by atoms with Crippen molar-refractivity contribution < 1.29 is 9.84 Å². The molecule has 132 valence electrons. The first kappa shape index (κ1) is 16.4. The minimum Gasteiger partial charge on any atom is -0.387 e. The zero-order valence-corrected chi connectivity index (χ0v) is 14.3. The van der Waals surface area contributed by atoms with Crippen molar-refractivity contribution in [2.24, 2.45) is 0 Å². The van der Waals surface area contributed by atoms with Gasteiger partial charge in [-0.15, -0.1) is 0 Å². The number of aliphatic hydroxyl groups excluding tert-OH is 1. The molecule has 2 aromatic heterocycles. The second kappa shape index (κ2) is 7.07. The smallest absolute Gasteiger partial charge is 0.254 e. The summed E-state index contributed by atoms with van der Waals surface area (Å²) in [4.78, 5) is 8.49. The van der Waals surface area contributed by atoms with E-state index in [0.717, 1.165) is 22.0 Å². The molecule has 0 saturated carbocycles. The molecule has 0 amide bonds. The summed E-state index contributed by atoms with van der Waals surface area (Å²) in [6.07, 6.45) is 0.793. The standard InChI is InChI=1S/C19H19N5O2/c1-26-11-16-9-18(24-19(23-16)21-12-22-24)20-10-17(25)15-7-6-13-4-2-3-5-14(13)8-15/h2-9,12,17,20,25H,10-11H2,1H3/t17-/m0/s1. The van der Waals surface area contributed by atoms with Gasteiger partial charge in [0.05, 0.1) is 18.4 Å². The lowest BCUT2D eigenvalue weighted by Gasteiger charge is -2.15. The Kier molecular flexibility index (Phi) is 4.47. The molecule has 26 heavy (non-hydrogen) atoms. The van der Waals surface area contributed by atoms with Crippen molar-refractivity contribution in [2.75, 3.05) is 19.0 Å². The summed E-state index contributed by atoms with van der Waals surface area (Å²) in [7, 11) is 1.62. The van der Waals surface area contributed by atoms with Gasteiger partial charge in [-0.05, 0) is 22.4 Å². The van der Waals surface area contributed by atoms with Crippen molar-refractivity contribution >= 4 is 22.4 Å². The van der Waals surface area contributed by atoms with E-state index in [9.17, 15) is 5.11 Å². The molecule has 7 nitrogen and oxygen atoms in total. The van der Waals surface area contributed by atoms with Crippen LogP contribution in [0, 0.1) is 0 Å². The number of nitrogens with zero attached hydrogens (tertiary/aromatic N) is 4. The highest BCUT2D eigenvalue weighted by molar-refractivity contribution is 5.83. The van der Waals surface area contributed by atoms with E-state index in [-0.39, 0.29) is 0 Å². The number of benzene rings is 2. The molecule has 4 aromatic rings. The van der Waals surface area contributed by atoms with Gasteiger partial charge in [-0.1, -0.05) is 36.4 Å². The highest BCUT2D eigenvalue weighted by atomic mass is 16.5. The van der Waals surface area contributed by atoms with Crippen LogP contribution in [0.25, 0.3) is 16.6 Å². The topological polar surface area (TPSA) is 84.6 Å². The number of aliphatic hydroxyl groups is 1. The van der Waals surface area contributed by atoms with Crippen LogP contribution in [0.2, 0.25) is 0 Å². The maximum Gasteiger partial charge on any atom is 0.254 e. The predicted octanol–water partition coefficient (Wildman–Crippen LogP) is 2.57. The average molecular weight is 349 g/mol. The summed E-state index contributed by atoms with van der Waals surface area (Å²) in [5, 5.41) is 20.2. The van der Waals surface area contributed by atoms with Crippen molar-refractivity contribution in [3.05, 3.63) is 66.1 Å². The van der Waals surface area contributed by atoms with Crippen LogP contribution in [0.15, 0.2) is 54.9 Å². The highest BCUT2D eigenvalue weighted by Gasteiger charge is 2.11. The lowest BCUT2D eigenvalue weighted by molar-refractivity contribution is 0.181. The summed E-state index contributed by atoms with van der Waals surface area (Å²) >= 11 is 0. The lowest BCUT2D eigenvalue weighted by atomic mass is 10.0. The molecule has 0 aliphatic carbocycles. The second-order valence-corrected chi connectivity index (χ2v) is 6.04. The number of ether oxygens (including phenoxy) is 1. The van der Waals surface area contributed by atoms with Crippen LogP contribution >= 0.6 is 0 Å². The number of hydrogen-bond acceptors (Lipinski definition) is 6. The molecule has 0 radical (unpaired) electrons. The van der Waals surface area contributed by atoms with Gasteiger partial charge in [-0.25, -0.2) is 4.98 Å². The van der Waals surface area contributed by atoms with Crippen LogP contribution < -0.4 is 5.32 Å². The number of methoxy groups -OCH3 is 1. The zero-order valence-electron chi connectivity index (χ0n) is 14.3. The first-order valence-corrected chi connectivity index (χ1v) is 8.34. The molecular formula is C19H19N5O2. The maximum absolute atomic E-state index is 10.6. The summed E-state index contributed by atoms with van der Waals surface area (Å²) in [5.74, 6) is 1.20. The molecule has 0 aliphatic heterocycles. The van der Waals surface area contributed by atoms with Gasteiger partial charge in [0.1, 0.15) is 12.1 Å². The van der Waals surface area contributed by atoms with Crippen molar-refractivity contribution in [2.45, 2.75) is 12.7 Å². The SMILES string of the molecule is COCc1cc(NC[C@H](O)c2ccc3ccccc3c2)n2ncnc2n1. The van der Waals surface area contributed by atoms with E-state index in [4.69, 9.17) is 4.74 Å². The van der Waals surface area contributed by atoms with Gasteiger partial charge in [0, 0.05) is 19.7 Å². The van der Waals surface area contributed by atoms with E-state index in [1.54, 1.807) is 11.6 Å². The quantitative estimate of drug-likeness (QED) is 0.556. The Morgan fingerprint density at radius 1 is 1.15 bits per heavy atom. The Labute approximate surface area is 150 Å². The first-order chi connectivity index (χ1) is 12.7. The largest absolute Gasteiger partial charge is 0.387 e. The Balaban J connectivity index is 1.55. The molecule has 0 unspecified atom stereocenters. The molecule has 0 bridgehead atoms. The van der Waals surface area contributed by atoms with Crippen LogP contribution in [-0.4, -0.2) is 38.3 Å². The summed E-state index contributed by atoms with van der Waals surface area (Å²) < 4.78 is 6.75. The molecular weight excluding hydrogens is 330 g/mol. The molecule has 0 saturated heterocycles. The Bertz CT molecular complexity index is 1050. The van der Waals surface area contributed by atoms with E-state index in [1.807, 2.05) is 42.5 Å². The molecule has 0 spiro atoms. The second-order valence-electron chi connectivity index (χ2n) is 6.04. The summed E-state index contributed by atoms with van der Waals surface area (Å²) in [6.45, 7) is 0.717. The van der Waals surface area contributed by atoms with Crippen molar-refractivity contribution in [3.8, 4) is 0 Å². The van der Waals surface area contributed by atoms with E-state index >= 15 is 0 Å². The molecule has 4 rings (SSSR count). The summed E-state index contributed by atoms with van der Waals surface area (Å²) in [5.41, 5.74) is 1.60. The minimum atomic E-state index is -0.655. The first-order valence-electron chi connectivity index (χ1n) is 8.34. The Morgan fingerprint density at radius 3 is 2.85 bits per heavy atom. The van der Waals surface area contributed by atoms with Crippen molar-refractivity contribution in [1.29, 1.82) is 0 Å². The number of anilines is 1. The van der Waals surface area contributed by atoms with Crippen molar-refractivity contribution in [3.63, 3.8) is 0 Å². The molecule has 0 aliphatic rings. The van der Waals surface area contributed by atoms with Crippen molar-refractivity contribution in [1.82, 2.24) is 19.6 Å². The van der Waals surface area contributed by atoms with Crippen LogP contribution in [0.1, 0.15) is 17.4 Å². The predicted molar refractivity (Wildman–Crippen MR) is 98.9 cm³/mol. The third-order valence-electron chi connectivity index (χ3n) is 4.23. The number of nitrogens with one attached hydrogen (secondary N) is 1. The fourth-order valence-electron chi connectivity index (χ4n) is 2.94. The number of fused-ring (bicyclic) bond motifs is 2. The monoisotopic (exact) mass is 349 g/mol. The van der Waals surface area contributed by atoms with Crippen LogP contribution in [0.3, 0.4) is 0 Å². The van der Waals surface area contributed by atoms with Gasteiger partial charge in [0.2, 0.25) is 0 Å². The fourth-order valence-corrected chi connectivity index (χ4v) is 2.94. The summed E-state index contributed by atoms with van der Waals surface area (Å²) in [6, 6.07) is 15.9. The maximum atomic E-state index is 10.6. The highest BCUT2D eigenvalue weighted by Crippen LogP contribution is 2.21. The van der Waals surface area contributed by atoms with E-state index in [1.165, 1.54) is 6.33 Å². The zero-order chi connectivity index (χ0) is 17.9. The average Bonchev–Trinajstić information content (AvgIpc) is 3.14. The molecule has 0 fully saturated rings. The Hall–Kier alpha value is -3.03. The van der Waals surface area contributed by atoms with Gasteiger partial charge in [-0.3, -0.25) is 0 Å². The van der Waals surface area contributed by atoms with E-state index in [0.29, 0.717) is 24.7 Å². The van der Waals surface area contributed by atoms with Gasteiger partial charge in [0.15, 0.2) is 0 Å². The third kappa shape index (κ3) is 3.22.